The normalized spacial score (nSPS) is 10.5. The number of thiazole rings is 1. The number of carbonyl (C=O) groups is 1. The molecule has 0 aliphatic rings. The van der Waals surface area contributed by atoms with Crippen molar-refractivity contribution in [1.82, 2.24) is 4.98 Å². The van der Waals surface area contributed by atoms with E-state index in [0.29, 0.717) is 17.1 Å². The predicted octanol–water partition coefficient (Wildman–Crippen LogP) is 3.53. The maximum absolute atomic E-state index is 12.4. The highest BCUT2D eigenvalue weighted by molar-refractivity contribution is 7.16. The highest BCUT2D eigenvalue weighted by atomic mass is 32.1. The van der Waals surface area contributed by atoms with Gasteiger partial charge in [0.2, 0.25) is 5.75 Å². The summed E-state index contributed by atoms with van der Waals surface area (Å²) < 4.78 is 16.8. The third kappa shape index (κ3) is 2.60. The smallest absolute Gasteiger partial charge is 0.343 e. The van der Waals surface area contributed by atoms with E-state index in [1.165, 1.54) is 25.6 Å². The molecule has 0 aliphatic carbocycles. The van der Waals surface area contributed by atoms with Crippen molar-refractivity contribution in [2.45, 2.75) is 0 Å². The van der Waals surface area contributed by atoms with Crippen molar-refractivity contribution in [3.63, 3.8) is 0 Å². The standard InChI is InChI=1S/C16H13NO4S/c1-19-12-4-3-5-13(20-2)15(12)21-16(18)10-6-7-11-14(8-10)22-9-17-11/h3-9H,1-2H3. The first kappa shape index (κ1) is 14.3. The Labute approximate surface area is 131 Å². The molecule has 6 heteroatoms. The number of methoxy groups -OCH3 is 2. The number of rotatable bonds is 4. The van der Waals surface area contributed by atoms with E-state index in [-0.39, 0.29) is 5.75 Å². The van der Waals surface area contributed by atoms with Crippen LogP contribution in [0.3, 0.4) is 0 Å². The number of aromatic nitrogens is 1. The Hall–Kier alpha value is -2.60. The zero-order chi connectivity index (χ0) is 15.5. The minimum absolute atomic E-state index is 0.266. The lowest BCUT2D eigenvalue weighted by atomic mass is 10.2. The van der Waals surface area contributed by atoms with E-state index in [1.807, 2.05) is 0 Å². The van der Waals surface area contributed by atoms with Crippen molar-refractivity contribution >= 4 is 27.5 Å². The minimum Gasteiger partial charge on any atom is -0.493 e. The number of ether oxygens (including phenoxy) is 3. The molecule has 0 atom stereocenters. The molecule has 1 heterocycles. The number of hydrogen-bond donors (Lipinski definition) is 0. The fourth-order valence-electron chi connectivity index (χ4n) is 2.05. The molecule has 0 N–H and O–H groups in total. The number of para-hydroxylation sites is 1. The summed E-state index contributed by atoms with van der Waals surface area (Å²) in [5.74, 6) is 0.665. The van der Waals surface area contributed by atoms with Gasteiger partial charge in [-0.3, -0.25) is 0 Å². The van der Waals surface area contributed by atoms with Crippen LogP contribution in [-0.2, 0) is 0 Å². The summed E-state index contributed by atoms with van der Waals surface area (Å²) in [5, 5.41) is 0. The second-order valence-electron chi connectivity index (χ2n) is 4.42. The van der Waals surface area contributed by atoms with E-state index in [4.69, 9.17) is 14.2 Å². The van der Waals surface area contributed by atoms with E-state index < -0.39 is 5.97 Å². The third-order valence-corrected chi connectivity index (χ3v) is 3.94. The van der Waals surface area contributed by atoms with Crippen LogP contribution >= 0.6 is 11.3 Å². The Morgan fingerprint density at radius 2 is 1.82 bits per heavy atom. The highest BCUT2D eigenvalue weighted by Crippen LogP contribution is 2.37. The fourth-order valence-corrected chi connectivity index (χ4v) is 2.77. The molecule has 1 aromatic heterocycles. The summed E-state index contributed by atoms with van der Waals surface area (Å²) in [6.07, 6.45) is 0. The average Bonchev–Trinajstić information content (AvgIpc) is 3.02. The molecule has 22 heavy (non-hydrogen) atoms. The van der Waals surface area contributed by atoms with Crippen LogP contribution in [0, 0.1) is 0 Å². The average molecular weight is 315 g/mol. The van der Waals surface area contributed by atoms with Gasteiger partial charge in [-0.15, -0.1) is 11.3 Å². The van der Waals surface area contributed by atoms with Gasteiger partial charge in [0.05, 0.1) is 35.5 Å². The molecule has 3 aromatic rings. The quantitative estimate of drug-likeness (QED) is 0.544. The van der Waals surface area contributed by atoms with Crippen molar-refractivity contribution in [2.24, 2.45) is 0 Å². The number of benzene rings is 2. The maximum atomic E-state index is 12.4. The Balaban J connectivity index is 1.93. The summed E-state index contributed by atoms with van der Waals surface area (Å²) in [7, 11) is 3.02. The molecule has 2 aromatic carbocycles. The molecular weight excluding hydrogens is 302 g/mol. The number of carbonyl (C=O) groups excluding carboxylic acids is 1. The number of nitrogens with zero attached hydrogens (tertiary/aromatic N) is 1. The summed E-state index contributed by atoms with van der Waals surface area (Å²) >= 11 is 1.47. The van der Waals surface area contributed by atoms with Crippen molar-refractivity contribution < 1.29 is 19.0 Å². The van der Waals surface area contributed by atoms with Crippen LogP contribution in [-0.4, -0.2) is 25.2 Å². The minimum atomic E-state index is -0.474. The van der Waals surface area contributed by atoms with Crippen LogP contribution in [0.25, 0.3) is 10.2 Å². The second-order valence-corrected chi connectivity index (χ2v) is 5.30. The first-order valence-electron chi connectivity index (χ1n) is 6.49. The van der Waals surface area contributed by atoms with Crippen LogP contribution in [0.1, 0.15) is 10.4 Å². The molecule has 5 nitrogen and oxygen atoms in total. The Kier molecular flexibility index (Phi) is 3.93. The molecular formula is C16H13NO4S. The van der Waals surface area contributed by atoms with Crippen molar-refractivity contribution in [3.8, 4) is 17.2 Å². The van der Waals surface area contributed by atoms with Crippen LogP contribution < -0.4 is 14.2 Å². The van der Waals surface area contributed by atoms with Crippen molar-refractivity contribution in [2.75, 3.05) is 14.2 Å². The fraction of sp³-hybridized carbons (Fsp3) is 0.125. The predicted molar refractivity (Wildman–Crippen MR) is 84.1 cm³/mol. The van der Waals surface area contributed by atoms with Gasteiger partial charge in [-0.1, -0.05) is 6.07 Å². The van der Waals surface area contributed by atoms with Gasteiger partial charge in [-0.05, 0) is 30.3 Å². The molecule has 0 saturated heterocycles. The molecule has 0 saturated carbocycles. The van der Waals surface area contributed by atoms with Crippen LogP contribution in [0.4, 0.5) is 0 Å². The first-order chi connectivity index (χ1) is 10.7. The first-order valence-corrected chi connectivity index (χ1v) is 7.37. The zero-order valence-electron chi connectivity index (χ0n) is 12.0. The lowest BCUT2D eigenvalue weighted by Gasteiger charge is -2.12. The van der Waals surface area contributed by atoms with Gasteiger partial charge in [0.15, 0.2) is 11.5 Å². The summed E-state index contributed by atoms with van der Waals surface area (Å²) in [4.78, 5) is 16.6. The van der Waals surface area contributed by atoms with Crippen molar-refractivity contribution in [3.05, 3.63) is 47.5 Å². The summed E-state index contributed by atoms with van der Waals surface area (Å²) in [6.45, 7) is 0. The van der Waals surface area contributed by atoms with Crippen LogP contribution in [0.5, 0.6) is 17.2 Å². The number of esters is 1. The van der Waals surface area contributed by atoms with Crippen LogP contribution in [0.2, 0.25) is 0 Å². The van der Waals surface area contributed by atoms with Crippen molar-refractivity contribution in [1.29, 1.82) is 0 Å². The molecule has 3 rings (SSSR count). The second kappa shape index (κ2) is 6.03. The topological polar surface area (TPSA) is 57.7 Å². The van der Waals surface area contributed by atoms with E-state index in [0.717, 1.165) is 10.2 Å². The van der Waals surface area contributed by atoms with Gasteiger partial charge in [0, 0.05) is 0 Å². The zero-order valence-corrected chi connectivity index (χ0v) is 12.8. The molecule has 0 aliphatic heterocycles. The monoisotopic (exact) mass is 315 g/mol. The number of hydrogen-bond acceptors (Lipinski definition) is 6. The van der Waals surface area contributed by atoms with Gasteiger partial charge in [-0.25, -0.2) is 9.78 Å². The molecule has 0 spiro atoms. The van der Waals surface area contributed by atoms with Gasteiger partial charge in [0.1, 0.15) is 0 Å². The van der Waals surface area contributed by atoms with Gasteiger partial charge in [-0.2, -0.15) is 0 Å². The Bertz CT molecular complexity index is 806. The van der Waals surface area contributed by atoms with E-state index in [1.54, 1.807) is 41.9 Å². The SMILES string of the molecule is COc1cccc(OC)c1OC(=O)c1ccc2ncsc2c1. The molecule has 0 bridgehead atoms. The Morgan fingerprint density at radius 1 is 1.09 bits per heavy atom. The maximum Gasteiger partial charge on any atom is 0.343 e. The van der Waals surface area contributed by atoms with E-state index in [2.05, 4.69) is 4.98 Å². The van der Waals surface area contributed by atoms with Gasteiger partial charge >= 0.3 is 5.97 Å². The van der Waals surface area contributed by atoms with Crippen LogP contribution in [0.15, 0.2) is 41.9 Å². The summed E-state index contributed by atoms with van der Waals surface area (Å²) in [5.41, 5.74) is 3.05. The lowest BCUT2D eigenvalue weighted by Crippen LogP contribution is -2.10. The number of fused-ring (bicyclic) bond motifs is 1. The molecule has 0 amide bonds. The lowest BCUT2D eigenvalue weighted by molar-refractivity contribution is 0.0724. The van der Waals surface area contributed by atoms with Gasteiger partial charge in [0.25, 0.3) is 0 Å². The van der Waals surface area contributed by atoms with Gasteiger partial charge < -0.3 is 14.2 Å². The third-order valence-electron chi connectivity index (χ3n) is 3.14. The van der Waals surface area contributed by atoms with E-state index >= 15 is 0 Å². The largest absolute Gasteiger partial charge is 0.493 e. The molecule has 0 radical (unpaired) electrons. The Morgan fingerprint density at radius 3 is 2.50 bits per heavy atom. The van der Waals surface area contributed by atoms with E-state index in [9.17, 15) is 4.79 Å². The molecule has 112 valence electrons. The molecule has 0 unspecified atom stereocenters. The highest BCUT2D eigenvalue weighted by Gasteiger charge is 2.17. The summed E-state index contributed by atoms with van der Waals surface area (Å²) in [6, 6.07) is 10.4. The molecule has 0 fully saturated rings.